The molecular weight excluding hydrogens is 254 g/mol. The Hall–Kier alpha value is -1.55. The van der Waals surface area contributed by atoms with Gasteiger partial charge in [-0.05, 0) is 56.2 Å². The van der Waals surface area contributed by atoms with Crippen LogP contribution in [0, 0.1) is 12.8 Å². The number of aryl methyl sites for hydroxylation is 1. The minimum atomic E-state index is -0.748. The van der Waals surface area contributed by atoms with Gasteiger partial charge in [0.05, 0.1) is 5.60 Å². The number of hydrogen-bond donors (Lipinski definition) is 2. The number of aliphatic hydroxyl groups is 1. The zero-order valence-corrected chi connectivity index (χ0v) is 12.2. The fraction of sp³-hybridized carbons (Fsp3) is 0.562. The Bertz CT molecular complexity index is 490. The number of carbonyl (C=O) groups is 1. The molecule has 1 aromatic carbocycles. The first-order valence-electron chi connectivity index (χ1n) is 7.15. The maximum absolute atomic E-state index is 11.2. The van der Waals surface area contributed by atoms with Crippen molar-refractivity contribution in [1.82, 2.24) is 0 Å². The lowest BCUT2D eigenvalue weighted by Gasteiger charge is -2.34. The van der Waals surface area contributed by atoms with Crippen LogP contribution in [0.15, 0.2) is 18.2 Å². The molecule has 4 heteroatoms. The van der Waals surface area contributed by atoms with E-state index in [1.54, 1.807) is 12.1 Å². The molecule has 0 aromatic heterocycles. The van der Waals surface area contributed by atoms with Crippen molar-refractivity contribution in [2.24, 2.45) is 11.7 Å². The molecule has 0 atom stereocenters. The standard InChI is InChI=1S/C16H23NO3/c1-11-5-7-16(19,8-6-11)10-20-14-9-13(15(17)18)4-3-12(14)2/h3-4,9,11,19H,5-8,10H2,1-2H3,(H2,17,18). The summed E-state index contributed by atoms with van der Waals surface area (Å²) in [5.74, 6) is 0.823. The van der Waals surface area contributed by atoms with Crippen molar-refractivity contribution in [2.75, 3.05) is 6.61 Å². The van der Waals surface area contributed by atoms with Gasteiger partial charge in [0, 0.05) is 5.56 Å². The van der Waals surface area contributed by atoms with Crippen LogP contribution in [0.2, 0.25) is 0 Å². The Morgan fingerprint density at radius 2 is 2.10 bits per heavy atom. The van der Waals surface area contributed by atoms with Crippen molar-refractivity contribution >= 4 is 5.91 Å². The summed E-state index contributed by atoms with van der Waals surface area (Å²) in [6, 6.07) is 5.14. The van der Waals surface area contributed by atoms with Crippen LogP contribution >= 0.6 is 0 Å². The normalized spacial score (nSPS) is 26.2. The number of rotatable bonds is 4. The monoisotopic (exact) mass is 277 g/mol. The van der Waals surface area contributed by atoms with Crippen LogP contribution < -0.4 is 10.5 Å². The van der Waals surface area contributed by atoms with Gasteiger partial charge in [0.15, 0.2) is 0 Å². The number of ether oxygens (including phenoxy) is 1. The molecule has 0 bridgehead atoms. The summed E-state index contributed by atoms with van der Waals surface area (Å²) in [6.07, 6.45) is 3.59. The Labute approximate surface area is 119 Å². The summed E-state index contributed by atoms with van der Waals surface area (Å²) in [6.45, 7) is 4.39. The minimum Gasteiger partial charge on any atom is -0.490 e. The zero-order chi connectivity index (χ0) is 14.8. The van der Waals surface area contributed by atoms with E-state index in [1.165, 1.54) is 0 Å². The van der Waals surface area contributed by atoms with Gasteiger partial charge in [-0.25, -0.2) is 0 Å². The molecule has 1 aliphatic carbocycles. The summed E-state index contributed by atoms with van der Waals surface area (Å²) in [5, 5.41) is 10.5. The maximum atomic E-state index is 11.2. The molecule has 0 aliphatic heterocycles. The van der Waals surface area contributed by atoms with Gasteiger partial charge in [-0.1, -0.05) is 13.0 Å². The van der Waals surface area contributed by atoms with E-state index in [-0.39, 0.29) is 6.61 Å². The molecule has 0 saturated heterocycles. The van der Waals surface area contributed by atoms with Crippen LogP contribution in [0.5, 0.6) is 5.75 Å². The molecule has 20 heavy (non-hydrogen) atoms. The largest absolute Gasteiger partial charge is 0.490 e. The van der Waals surface area contributed by atoms with E-state index in [2.05, 4.69) is 6.92 Å². The predicted molar refractivity (Wildman–Crippen MR) is 77.8 cm³/mol. The van der Waals surface area contributed by atoms with Gasteiger partial charge in [0.2, 0.25) is 5.91 Å². The second kappa shape index (κ2) is 5.83. The van der Waals surface area contributed by atoms with Crippen LogP contribution in [-0.2, 0) is 0 Å². The molecule has 0 heterocycles. The second-order valence-corrected chi connectivity index (χ2v) is 6.04. The van der Waals surface area contributed by atoms with Gasteiger partial charge in [0.25, 0.3) is 0 Å². The molecule has 110 valence electrons. The molecule has 4 nitrogen and oxygen atoms in total. The maximum Gasteiger partial charge on any atom is 0.248 e. The van der Waals surface area contributed by atoms with E-state index in [4.69, 9.17) is 10.5 Å². The highest BCUT2D eigenvalue weighted by molar-refractivity contribution is 5.93. The third-order valence-corrected chi connectivity index (χ3v) is 4.17. The summed E-state index contributed by atoms with van der Waals surface area (Å²) >= 11 is 0. The highest BCUT2D eigenvalue weighted by atomic mass is 16.5. The number of carbonyl (C=O) groups excluding carboxylic acids is 1. The van der Waals surface area contributed by atoms with Crippen LogP contribution in [0.4, 0.5) is 0 Å². The number of benzene rings is 1. The highest BCUT2D eigenvalue weighted by Crippen LogP contribution is 2.32. The van der Waals surface area contributed by atoms with E-state index in [0.717, 1.165) is 31.2 Å². The van der Waals surface area contributed by atoms with Crippen molar-refractivity contribution in [3.05, 3.63) is 29.3 Å². The van der Waals surface area contributed by atoms with Crippen molar-refractivity contribution < 1.29 is 14.6 Å². The summed E-state index contributed by atoms with van der Waals surface area (Å²) in [7, 11) is 0. The van der Waals surface area contributed by atoms with Gasteiger partial charge < -0.3 is 15.6 Å². The third kappa shape index (κ3) is 3.51. The fourth-order valence-corrected chi connectivity index (χ4v) is 2.56. The number of nitrogens with two attached hydrogens (primary N) is 1. The number of primary amides is 1. The molecule has 1 amide bonds. The lowest BCUT2D eigenvalue weighted by atomic mass is 9.80. The molecule has 0 unspecified atom stereocenters. The van der Waals surface area contributed by atoms with E-state index in [9.17, 15) is 9.90 Å². The summed E-state index contributed by atoms with van der Waals surface area (Å²) < 4.78 is 5.75. The average molecular weight is 277 g/mol. The Morgan fingerprint density at radius 3 is 2.70 bits per heavy atom. The first-order chi connectivity index (χ1) is 9.39. The quantitative estimate of drug-likeness (QED) is 0.887. The summed E-state index contributed by atoms with van der Waals surface area (Å²) in [4.78, 5) is 11.2. The lowest BCUT2D eigenvalue weighted by Crippen LogP contribution is -2.39. The van der Waals surface area contributed by atoms with Crippen molar-refractivity contribution in [3.8, 4) is 5.75 Å². The highest BCUT2D eigenvalue weighted by Gasteiger charge is 2.32. The molecule has 1 fully saturated rings. The van der Waals surface area contributed by atoms with Crippen LogP contribution in [-0.4, -0.2) is 23.2 Å². The number of amides is 1. The smallest absolute Gasteiger partial charge is 0.248 e. The Morgan fingerprint density at radius 1 is 1.45 bits per heavy atom. The molecule has 1 aromatic rings. The Kier molecular flexibility index (Phi) is 4.33. The molecule has 0 spiro atoms. The fourth-order valence-electron chi connectivity index (χ4n) is 2.56. The van der Waals surface area contributed by atoms with E-state index in [1.807, 2.05) is 13.0 Å². The molecule has 0 radical (unpaired) electrons. The lowest BCUT2D eigenvalue weighted by molar-refractivity contribution is -0.0426. The van der Waals surface area contributed by atoms with E-state index >= 15 is 0 Å². The van der Waals surface area contributed by atoms with E-state index < -0.39 is 11.5 Å². The van der Waals surface area contributed by atoms with Crippen LogP contribution in [0.1, 0.15) is 48.5 Å². The third-order valence-electron chi connectivity index (χ3n) is 4.17. The molecule has 3 N–H and O–H groups in total. The van der Waals surface area contributed by atoms with Crippen LogP contribution in [0.25, 0.3) is 0 Å². The van der Waals surface area contributed by atoms with E-state index in [0.29, 0.717) is 17.2 Å². The summed E-state index contributed by atoms with van der Waals surface area (Å²) in [5.41, 5.74) is 5.88. The predicted octanol–water partition coefficient (Wildman–Crippen LogP) is 2.41. The minimum absolute atomic E-state index is 0.267. The van der Waals surface area contributed by atoms with Gasteiger partial charge in [-0.2, -0.15) is 0 Å². The van der Waals surface area contributed by atoms with Crippen molar-refractivity contribution in [2.45, 2.75) is 45.1 Å². The molecule has 1 saturated carbocycles. The molecule has 1 aliphatic rings. The van der Waals surface area contributed by atoms with Gasteiger partial charge in [0.1, 0.15) is 12.4 Å². The topological polar surface area (TPSA) is 72.6 Å². The van der Waals surface area contributed by atoms with Gasteiger partial charge in [-0.15, -0.1) is 0 Å². The Balaban J connectivity index is 2.03. The zero-order valence-electron chi connectivity index (χ0n) is 12.2. The van der Waals surface area contributed by atoms with Crippen molar-refractivity contribution in [1.29, 1.82) is 0 Å². The van der Waals surface area contributed by atoms with Gasteiger partial charge in [-0.3, -0.25) is 4.79 Å². The first kappa shape index (κ1) is 14.9. The van der Waals surface area contributed by atoms with Crippen LogP contribution in [0.3, 0.4) is 0 Å². The SMILES string of the molecule is Cc1ccc(C(N)=O)cc1OCC1(O)CCC(C)CC1. The second-order valence-electron chi connectivity index (χ2n) is 6.04. The van der Waals surface area contributed by atoms with Crippen molar-refractivity contribution in [3.63, 3.8) is 0 Å². The molecular formula is C16H23NO3. The van der Waals surface area contributed by atoms with Gasteiger partial charge >= 0.3 is 0 Å². The average Bonchev–Trinajstić information content (AvgIpc) is 2.41. The molecule has 2 rings (SSSR count). The number of hydrogen-bond acceptors (Lipinski definition) is 3. The first-order valence-corrected chi connectivity index (χ1v) is 7.15.